The predicted octanol–water partition coefficient (Wildman–Crippen LogP) is 3.75. The van der Waals surface area contributed by atoms with E-state index in [-0.39, 0.29) is 0 Å². The Morgan fingerprint density at radius 3 is 2.00 bits per heavy atom. The first kappa shape index (κ1) is 10.7. The first-order chi connectivity index (χ1) is 4.85. The van der Waals surface area contributed by atoms with Gasteiger partial charge in [-0.25, -0.2) is 0 Å². The molecule has 0 aromatic rings. The van der Waals surface area contributed by atoms with Crippen LogP contribution in [-0.2, 0) is 0 Å². The Kier molecular flexibility index (Phi) is 8.35. The van der Waals surface area contributed by atoms with Gasteiger partial charge in [0.25, 0.3) is 0 Å². The lowest BCUT2D eigenvalue weighted by Crippen LogP contribution is -2.00. The van der Waals surface area contributed by atoms with Gasteiger partial charge in [0.2, 0.25) is 0 Å². The van der Waals surface area contributed by atoms with E-state index in [1.807, 2.05) is 6.08 Å². The van der Waals surface area contributed by atoms with Gasteiger partial charge in [-0.15, -0.1) is 6.58 Å². The number of halogens is 2. The van der Waals surface area contributed by atoms with Crippen molar-refractivity contribution in [3.05, 3.63) is 12.7 Å². The zero-order chi connectivity index (χ0) is 7.82. The molecule has 0 bridgehead atoms. The number of alkyl halides is 2. The van der Waals surface area contributed by atoms with Crippen LogP contribution in [0.2, 0.25) is 0 Å². The van der Waals surface area contributed by atoms with E-state index in [1.54, 1.807) is 0 Å². The fourth-order valence-corrected chi connectivity index (χ4v) is 2.22. The van der Waals surface area contributed by atoms with Crippen LogP contribution in [0, 0.1) is 5.92 Å². The average Bonchev–Trinajstić information content (AvgIpc) is 1.90. The first-order valence-electron chi connectivity index (χ1n) is 3.58. The molecule has 0 aliphatic carbocycles. The topological polar surface area (TPSA) is 0 Å². The lowest BCUT2D eigenvalue weighted by Gasteiger charge is -2.10. The Hall–Kier alpha value is 0.700. The smallest absolute Gasteiger partial charge is 0.00340 e. The van der Waals surface area contributed by atoms with Crippen LogP contribution in [0.4, 0.5) is 0 Å². The molecule has 0 aromatic heterocycles. The second-order valence-electron chi connectivity index (χ2n) is 2.35. The Morgan fingerprint density at radius 2 is 1.70 bits per heavy atom. The summed E-state index contributed by atoms with van der Waals surface area (Å²) in [7, 11) is 0. The Bertz CT molecular complexity index is 75.3. The second-order valence-corrected chi connectivity index (χ2v) is 3.93. The number of rotatable bonds is 6. The molecule has 0 N–H and O–H groups in total. The minimum absolute atomic E-state index is 0.816. The van der Waals surface area contributed by atoms with E-state index in [1.165, 1.54) is 12.8 Å². The average molecular weight is 270 g/mol. The van der Waals surface area contributed by atoms with Crippen LogP contribution in [0.15, 0.2) is 12.7 Å². The first-order valence-corrected chi connectivity index (χ1v) is 5.82. The summed E-state index contributed by atoms with van der Waals surface area (Å²) in [5, 5.41) is 2.22. The molecule has 10 heavy (non-hydrogen) atoms. The van der Waals surface area contributed by atoms with E-state index in [0.29, 0.717) is 0 Å². The fraction of sp³-hybridized carbons (Fsp3) is 0.750. The Labute approximate surface area is 80.3 Å². The third-order valence-electron chi connectivity index (χ3n) is 1.53. The highest BCUT2D eigenvalue weighted by atomic mass is 79.9. The molecule has 0 nitrogen and oxygen atoms in total. The molecular formula is C8H14Br2. The zero-order valence-corrected chi connectivity index (χ0v) is 9.33. The summed E-state index contributed by atoms with van der Waals surface area (Å²) in [6.45, 7) is 3.73. The molecule has 0 aliphatic rings. The maximum Gasteiger partial charge on any atom is 0.00340 e. The normalized spacial score (nSPS) is 10.3. The third kappa shape index (κ3) is 5.48. The Balaban J connectivity index is 3.38. The summed E-state index contributed by atoms with van der Waals surface area (Å²) < 4.78 is 0. The van der Waals surface area contributed by atoms with E-state index >= 15 is 0 Å². The van der Waals surface area contributed by atoms with Gasteiger partial charge in [-0.05, 0) is 25.2 Å². The largest absolute Gasteiger partial charge is 0.103 e. The standard InChI is InChI=1S/C8H14Br2/c1-2-3-8(4-6-9)5-7-10/h2,8H,1,3-7H2. The zero-order valence-electron chi connectivity index (χ0n) is 6.15. The van der Waals surface area contributed by atoms with Gasteiger partial charge < -0.3 is 0 Å². The van der Waals surface area contributed by atoms with E-state index in [2.05, 4.69) is 38.4 Å². The molecule has 0 aliphatic heterocycles. The van der Waals surface area contributed by atoms with Crippen molar-refractivity contribution in [2.45, 2.75) is 19.3 Å². The molecule has 0 fully saturated rings. The molecule has 0 heterocycles. The van der Waals surface area contributed by atoms with Crippen LogP contribution < -0.4 is 0 Å². The molecule has 0 spiro atoms. The predicted molar refractivity (Wildman–Crippen MR) is 55.1 cm³/mol. The molecule has 0 unspecified atom stereocenters. The van der Waals surface area contributed by atoms with Crippen LogP contribution >= 0.6 is 31.9 Å². The van der Waals surface area contributed by atoms with Crippen molar-refractivity contribution in [2.24, 2.45) is 5.92 Å². The van der Waals surface area contributed by atoms with Crippen LogP contribution in [0.25, 0.3) is 0 Å². The van der Waals surface area contributed by atoms with Crippen LogP contribution in [0.3, 0.4) is 0 Å². The van der Waals surface area contributed by atoms with Crippen molar-refractivity contribution >= 4 is 31.9 Å². The lowest BCUT2D eigenvalue weighted by molar-refractivity contribution is 0.511. The van der Waals surface area contributed by atoms with Gasteiger partial charge in [-0.3, -0.25) is 0 Å². The molecule has 0 aromatic carbocycles. The highest BCUT2D eigenvalue weighted by Gasteiger charge is 2.03. The van der Waals surface area contributed by atoms with Crippen molar-refractivity contribution in [1.82, 2.24) is 0 Å². The maximum absolute atomic E-state index is 3.73. The van der Waals surface area contributed by atoms with Crippen LogP contribution in [0.5, 0.6) is 0 Å². The molecule has 0 radical (unpaired) electrons. The summed E-state index contributed by atoms with van der Waals surface area (Å²) in [6, 6.07) is 0. The monoisotopic (exact) mass is 268 g/mol. The van der Waals surface area contributed by atoms with Gasteiger partial charge in [0.15, 0.2) is 0 Å². The van der Waals surface area contributed by atoms with Gasteiger partial charge in [0.05, 0.1) is 0 Å². The van der Waals surface area contributed by atoms with Crippen LogP contribution in [0.1, 0.15) is 19.3 Å². The molecule has 0 saturated carbocycles. The summed E-state index contributed by atoms with van der Waals surface area (Å²) in [5.74, 6) is 0.816. The molecule has 0 rings (SSSR count). The van der Waals surface area contributed by atoms with E-state index in [4.69, 9.17) is 0 Å². The second kappa shape index (κ2) is 7.80. The quantitative estimate of drug-likeness (QED) is 0.509. The fourth-order valence-electron chi connectivity index (χ4n) is 0.924. The molecule has 0 atom stereocenters. The van der Waals surface area contributed by atoms with Gasteiger partial charge >= 0.3 is 0 Å². The van der Waals surface area contributed by atoms with Crippen molar-refractivity contribution in [3.63, 3.8) is 0 Å². The number of hydrogen-bond acceptors (Lipinski definition) is 0. The summed E-state index contributed by atoms with van der Waals surface area (Å²) in [4.78, 5) is 0. The van der Waals surface area contributed by atoms with Gasteiger partial charge in [0, 0.05) is 10.7 Å². The van der Waals surface area contributed by atoms with E-state index < -0.39 is 0 Å². The molecule has 2 heteroatoms. The van der Waals surface area contributed by atoms with Crippen molar-refractivity contribution in [1.29, 1.82) is 0 Å². The SMILES string of the molecule is C=CCC(CCBr)CCBr. The molecule has 60 valence electrons. The minimum Gasteiger partial charge on any atom is -0.103 e. The highest BCUT2D eigenvalue weighted by Crippen LogP contribution is 2.16. The van der Waals surface area contributed by atoms with Crippen molar-refractivity contribution in [2.75, 3.05) is 10.7 Å². The van der Waals surface area contributed by atoms with Crippen LogP contribution in [-0.4, -0.2) is 10.7 Å². The van der Waals surface area contributed by atoms with E-state index in [9.17, 15) is 0 Å². The molecule has 0 saturated heterocycles. The van der Waals surface area contributed by atoms with Gasteiger partial charge in [-0.2, -0.15) is 0 Å². The van der Waals surface area contributed by atoms with E-state index in [0.717, 1.165) is 23.0 Å². The minimum atomic E-state index is 0.816. The van der Waals surface area contributed by atoms with Gasteiger partial charge in [0.1, 0.15) is 0 Å². The lowest BCUT2D eigenvalue weighted by atomic mass is 10.00. The summed E-state index contributed by atoms with van der Waals surface area (Å²) in [5.41, 5.74) is 0. The van der Waals surface area contributed by atoms with Crippen molar-refractivity contribution < 1.29 is 0 Å². The summed E-state index contributed by atoms with van der Waals surface area (Å²) in [6.07, 6.45) is 5.68. The molecular weight excluding hydrogens is 256 g/mol. The molecule has 0 amide bonds. The van der Waals surface area contributed by atoms with Crippen molar-refractivity contribution in [3.8, 4) is 0 Å². The third-order valence-corrected chi connectivity index (χ3v) is 2.45. The number of hydrogen-bond donors (Lipinski definition) is 0. The van der Waals surface area contributed by atoms with Gasteiger partial charge in [-0.1, -0.05) is 37.9 Å². The number of allylic oxidation sites excluding steroid dienone is 1. The Morgan fingerprint density at radius 1 is 1.20 bits per heavy atom. The summed E-state index contributed by atoms with van der Waals surface area (Å²) >= 11 is 6.88. The highest BCUT2D eigenvalue weighted by molar-refractivity contribution is 9.09. The maximum atomic E-state index is 3.73.